The van der Waals surface area contributed by atoms with E-state index in [-0.39, 0.29) is 5.91 Å². The highest BCUT2D eigenvalue weighted by Crippen LogP contribution is 2.13. The normalized spacial score (nSPS) is 10.5. The van der Waals surface area contributed by atoms with Crippen LogP contribution < -0.4 is 5.32 Å². The molecule has 0 saturated carbocycles. The number of aryl methyl sites for hydroxylation is 2. The van der Waals surface area contributed by atoms with Crippen molar-refractivity contribution in [2.75, 3.05) is 0 Å². The van der Waals surface area contributed by atoms with Crippen LogP contribution in [0.15, 0.2) is 29.0 Å². The molecule has 2 aromatic heterocycles. The fraction of sp³-hybridized carbons (Fsp3) is 0.308. The summed E-state index contributed by atoms with van der Waals surface area (Å²) in [4.78, 5) is 16.1. The predicted octanol–water partition coefficient (Wildman–Crippen LogP) is 2.07. The highest BCUT2D eigenvalue weighted by molar-refractivity contribution is 9.10. The lowest BCUT2D eigenvalue weighted by atomic mass is 10.2. The molecular weight excluding hydrogens is 308 g/mol. The first kappa shape index (κ1) is 13.7. The van der Waals surface area contributed by atoms with Crippen LogP contribution >= 0.6 is 15.9 Å². The summed E-state index contributed by atoms with van der Waals surface area (Å²) in [6.45, 7) is 2.50. The molecule has 0 aromatic carbocycles. The predicted molar refractivity (Wildman–Crippen MR) is 75.7 cm³/mol. The fourth-order valence-electron chi connectivity index (χ4n) is 1.84. The number of hydrogen-bond donors (Lipinski definition) is 1. The Hall–Kier alpha value is -1.69. The van der Waals surface area contributed by atoms with Crippen molar-refractivity contribution < 1.29 is 4.79 Å². The number of carbonyl (C=O) groups is 1. The molecular formula is C13H15BrN4O. The molecule has 0 spiro atoms. The van der Waals surface area contributed by atoms with Gasteiger partial charge in [-0.3, -0.25) is 9.48 Å². The van der Waals surface area contributed by atoms with Crippen molar-refractivity contribution in [1.29, 1.82) is 0 Å². The highest BCUT2D eigenvalue weighted by atomic mass is 79.9. The Bertz CT molecular complexity index is 594. The molecule has 1 N–H and O–H groups in total. The van der Waals surface area contributed by atoms with E-state index >= 15 is 0 Å². The fourth-order valence-corrected chi connectivity index (χ4v) is 2.28. The second-order valence-corrected chi connectivity index (χ2v) is 5.00. The molecule has 1 amide bonds. The molecule has 0 aliphatic rings. The first-order chi connectivity index (χ1) is 9.11. The van der Waals surface area contributed by atoms with Crippen LogP contribution in [0.1, 0.15) is 28.7 Å². The van der Waals surface area contributed by atoms with Gasteiger partial charge in [0, 0.05) is 36.0 Å². The molecule has 100 valence electrons. The molecule has 5 nitrogen and oxygen atoms in total. The number of nitrogens with one attached hydrogen (secondary N) is 1. The quantitative estimate of drug-likeness (QED) is 0.937. The molecule has 0 saturated heterocycles. The number of aromatic nitrogens is 3. The van der Waals surface area contributed by atoms with Crippen molar-refractivity contribution in [2.45, 2.75) is 19.9 Å². The Morgan fingerprint density at radius 2 is 2.32 bits per heavy atom. The van der Waals surface area contributed by atoms with Crippen molar-refractivity contribution >= 4 is 21.8 Å². The minimum atomic E-state index is -0.196. The number of halogens is 1. The van der Waals surface area contributed by atoms with Crippen LogP contribution in [0, 0.1) is 0 Å². The number of hydrogen-bond acceptors (Lipinski definition) is 3. The summed E-state index contributed by atoms with van der Waals surface area (Å²) in [5.74, 6) is -0.196. The number of rotatable bonds is 4. The van der Waals surface area contributed by atoms with Crippen LogP contribution in [0.2, 0.25) is 0 Å². The van der Waals surface area contributed by atoms with Gasteiger partial charge in [0.1, 0.15) is 5.69 Å². The zero-order valence-corrected chi connectivity index (χ0v) is 12.4. The molecule has 2 rings (SSSR count). The van der Waals surface area contributed by atoms with Crippen molar-refractivity contribution in [3.05, 3.63) is 46.0 Å². The van der Waals surface area contributed by atoms with Gasteiger partial charge in [0.15, 0.2) is 0 Å². The lowest BCUT2D eigenvalue weighted by molar-refractivity contribution is 0.0945. The number of pyridine rings is 1. The topological polar surface area (TPSA) is 59.8 Å². The zero-order valence-electron chi connectivity index (χ0n) is 10.9. The Balaban J connectivity index is 2.06. The van der Waals surface area contributed by atoms with Crippen molar-refractivity contribution in [1.82, 2.24) is 20.1 Å². The molecule has 0 aliphatic carbocycles. The van der Waals surface area contributed by atoms with Gasteiger partial charge in [-0.2, -0.15) is 5.10 Å². The van der Waals surface area contributed by atoms with Crippen LogP contribution in [-0.2, 0) is 20.0 Å². The second-order valence-electron chi connectivity index (χ2n) is 4.14. The number of carbonyl (C=O) groups excluding carboxylic acids is 1. The average molecular weight is 323 g/mol. The molecule has 6 heteroatoms. The van der Waals surface area contributed by atoms with Crippen molar-refractivity contribution in [3.8, 4) is 0 Å². The standard InChI is InChI=1S/C13H15BrN4O/c1-3-11-9(8-18(2)17-11)7-16-13(19)12-10(14)5-4-6-15-12/h4-6,8H,3,7H2,1-2H3,(H,16,19). The van der Waals surface area contributed by atoms with E-state index in [4.69, 9.17) is 0 Å². The van der Waals surface area contributed by atoms with Crippen LogP contribution in [0.5, 0.6) is 0 Å². The van der Waals surface area contributed by atoms with E-state index in [9.17, 15) is 4.79 Å². The number of amides is 1. The summed E-state index contributed by atoms with van der Waals surface area (Å²) in [5, 5.41) is 7.20. The first-order valence-electron chi connectivity index (χ1n) is 6.02. The molecule has 0 atom stereocenters. The molecule has 0 aliphatic heterocycles. The van der Waals surface area contributed by atoms with Crippen molar-refractivity contribution in [2.24, 2.45) is 7.05 Å². The molecule has 19 heavy (non-hydrogen) atoms. The minimum absolute atomic E-state index is 0.196. The SMILES string of the molecule is CCc1nn(C)cc1CNC(=O)c1ncccc1Br. The summed E-state index contributed by atoms with van der Waals surface area (Å²) in [6, 6.07) is 3.57. The van der Waals surface area contributed by atoms with Gasteiger partial charge in [-0.25, -0.2) is 4.98 Å². The molecule has 0 unspecified atom stereocenters. The minimum Gasteiger partial charge on any atom is -0.346 e. The largest absolute Gasteiger partial charge is 0.346 e. The van der Waals surface area contributed by atoms with E-state index in [1.807, 2.05) is 20.2 Å². The number of nitrogens with zero attached hydrogens (tertiary/aromatic N) is 3. The molecule has 2 heterocycles. The van der Waals surface area contributed by atoms with Gasteiger partial charge < -0.3 is 5.32 Å². The lowest BCUT2D eigenvalue weighted by Gasteiger charge is -2.05. The third-order valence-corrected chi connectivity index (χ3v) is 3.38. The zero-order chi connectivity index (χ0) is 13.8. The van der Waals surface area contributed by atoms with Gasteiger partial charge in [-0.05, 0) is 34.5 Å². The van der Waals surface area contributed by atoms with E-state index < -0.39 is 0 Å². The Kier molecular flexibility index (Phi) is 4.31. The summed E-state index contributed by atoms with van der Waals surface area (Å²) in [6.07, 6.45) is 4.37. The van der Waals surface area contributed by atoms with Crippen molar-refractivity contribution in [3.63, 3.8) is 0 Å². The van der Waals surface area contributed by atoms with Crippen LogP contribution in [0.3, 0.4) is 0 Å². The van der Waals surface area contributed by atoms with Gasteiger partial charge in [0.25, 0.3) is 5.91 Å². The van der Waals surface area contributed by atoms with Crippen LogP contribution in [0.25, 0.3) is 0 Å². The van der Waals surface area contributed by atoms with E-state index in [1.54, 1.807) is 23.0 Å². The van der Waals surface area contributed by atoms with Gasteiger partial charge in [-0.1, -0.05) is 6.92 Å². The average Bonchev–Trinajstić information content (AvgIpc) is 2.77. The Morgan fingerprint density at radius 1 is 1.53 bits per heavy atom. The molecule has 0 fully saturated rings. The maximum absolute atomic E-state index is 12.0. The second kappa shape index (κ2) is 5.97. The van der Waals surface area contributed by atoms with Gasteiger partial charge in [-0.15, -0.1) is 0 Å². The lowest BCUT2D eigenvalue weighted by Crippen LogP contribution is -2.24. The highest BCUT2D eigenvalue weighted by Gasteiger charge is 2.12. The smallest absolute Gasteiger partial charge is 0.271 e. The van der Waals surface area contributed by atoms with E-state index in [1.165, 1.54) is 0 Å². The maximum Gasteiger partial charge on any atom is 0.271 e. The molecule has 2 aromatic rings. The Labute approximate surface area is 120 Å². The van der Waals surface area contributed by atoms with E-state index in [0.717, 1.165) is 17.7 Å². The summed E-state index contributed by atoms with van der Waals surface area (Å²) in [5.41, 5.74) is 2.43. The third-order valence-electron chi connectivity index (χ3n) is 2.74. The van der Waals surface area contributed by atoms with Crippen LogP contribution in [-0.4, -0.2) is 20.7 Å². The maximum atomic E-state index is 12.0. The Morgan fingerprint density at radius 3 is 3.00 bits per heavy atom. The van der Waals surface area contributed by atoms with Gasteiger partial charge in [0.2, 0.25) is 0 Å². The molecule has 0 bridgehead atoms. The van der Waals surface area contributed by atoms with E-state index in [0.29, 0.717) is 16.7 Å². The molecule has 0 radical (unpaired) electrons. The summed E-state index contributed by atoms with van der Waals surface area (Å²) < 4.78 is 2.45. The van der Waals surface area contributed by atoms with Gasteiger partial charge >= 0.3 is 0 Å². The summed E-state index contributed by atoms with van der Waals surface area (Å²) >= 11 is 3.32. The summed E-state index contributed by atoms with van der Waals surface area (Å²) in [7, 11) is 1.87. The monoisotopic (exact) mass is 322 g/mol. The third kappa shape index (κ3) is 3.20. The first-order valence-corrected chi connectivity index (χ1v) is 6.81. The van der Waals surface area contributed by atoms with Crippen LogP contribution in [0.4, 0.5) is 0 Å². The van der Waals surface area contributed by atoms with E-state index in [2.05, 4.69) is 31.3 Å². The van der Waals surface area contributed by atoms with Gasteiger partial charge in [0.05, 0.1) is 5.69 Å².